The minimum atomic E-state index is 0.421. The summed E-state index contributed by atoms with van der Waals surface area (Å²) in [6.07, 6.45) is 1.10. The topological polar surface area (TPSA) is 43.8 Å². The first-order chi connectivity index (χ1) is 6.74. The van der Waals surface area contributed by atoms with E-state index in [4.69, 9.17) is 5.73 Å². The van der Waals surface area contributed by atoms with Crippen molar-refractivity contribution in [2.75, 3.05) is 5.75 Å². The molecule has 1 aromatic heterocycles. The van der Waals surface area contributed by atoms with Crippen LogP contribution in [0.15, 0.2) is 0 Å². The van der Waals surface area contributed by atoms with Gasteiger partial charge in [0.1, 0.15) is 0 Å². The van der Waals surface area contributed by atoms with Crippen LogP contribution in [0.3, 0.4) is 0 Å². The van der Waals surface area contributed by atoms with E-state index >= 15 is 0 Å². The number of nitrogens with two attached hydrogens (primary N) is 1. The molecule has 14 heavy (non-hydrogen) atoms. The molecular formula is C10H17N3S. The first kappa shape index (κ1) is 10.1. The van der Waals surface area contributed by atoms with E-state index in [1.165, 1.54) is 22.7 Å². The highest BCUT2D eigenvalue weighted by Crippen LogP contribution is 2.28. The molecule has 3 nitrogen and oxygen atoms in total. The summed E-state index contributed by atoms with van der Waals surface area (Å²) in [6.45, 7) is 4.93. The Bertz CT molecular complexity index is 330. The zero-order chi connectivity index (χ0) is 10.1. The predicted molar refractivity (Wildman–Crippen MR) is 60.4 cm³/mol. The molecule has 0 spiro atoms. The maximum atomic E-state index is 5.79. The molecule has 0 aromatic carbocycles. The van der Waals surface area contributed by atoms with E-state index in [0.717, 1.165) is 12.2 Å². The second-order valence-electron chi connectivity index (χ2n) is 3.92. The first-order valence-electron chi connectivity index (χ1n) is 5.11. The Balaban J connectivity index is 2.46. The number of aromatic nitrogens is 2. The van der Waals surface area contributed by atoms with Crippen LogP contribution in [0, 0.1) is 0 Å². The third-order valence-corrected chi connectivity index (χ3v) is 3.60. The monoisotopic (exact) mass is 211 g/mol. The summed E-state index contributed by atoms with van der Waals surface area (Å²) >= 11 is 1.98. The van der Waals surface area contributed by atoms with Gasteiger partial charge < -0.3 is 5.73 Å². The van der Waals surface area contributed by atoms with Gasteiger partial charge in [-0.25, -0.2) is 0 Å². The number of hydrogen-bond donors (Lipinski definition) is 1. The predicted octanol–water partition coefficient (Wildman–Crippen LogP) is 1.71. The molecule has 78 valence electrons. The average molecular weight is 211 g/mol. The number of aryl methyl sites for hydroxylation is 1. The van der Waals surface area contributed by atoms with Crippen LogP contribution in [0.5, 0.6) is 0 Å². The molecule has 1 aliphatic heterocycles. The van der Waals surface area contributed by atoms with Crippen molar-refractivity contribution in [2.24, 2.45) is 5.73 Å². The number of hydrogen-bond acceptors (Lipinski definition) is 3. The Kier molecular flexibility index (Phi) is 2.83. The van der Waals surface area contributed by atoms with Gasteiger partial charge in [-0.05, 0) is 19.6 Å². The fraction of sp³-hybridized carbons (Fsp3) is 0.700. The van der Waals surface area contributed by atoms with Gasteiger partial charge in [-0.1, -0.05) is 0 Å². The Morgan fingerprint density at radius 2 is 2.36 bits per heavy atom. The summed E-state index contributed by atoms with van der Waals surface area (Å²) in [4.78, 5) is 0. The SMILES string of the molecule is CC(C)n1nc2c(c1CN)CSCC2. The summed E-state index contributed by atoms with van der Waals surface area (Å²) in [5.41, 5.74) is 9.70. The van der Waals surface area contributed by atoms with Crippen LogP contribution in [-0.2, 0) is 18.7 Å². The highest BCUT2D eigenvalue weighted by molar-refractivity contribution is 7.98. The summed E-state index contributed by atoms with van der Waals surface area (Å²) in [5.74, 6) is 2.29. The summed E-state index contributed by atoms with van der Waals surface area (Å²) in [7, 11) is 0. The molecule has 1 aromatic rings. The molecule has 0 saturated carbocycles. The van der Waals surface area contributed by atoms with Gasteiger partial charge in [0.25, 0.3) is 0 Å². The molecule has 2 rings (SSSR count). The maximum absolute atomic E-state index is 5.79. The van der Waals surface area contributed by atoms with Gasteiger partial charge in [0.05, 0.1) is 11.4 Å². The average Bonchev–Trinajstić information content (AvgIpc) is 2.56. The molecule has 0 atom stereocenters. The van der Waals surface area contributed by atoms with E-state index in [-0.39, 0.29) is 0 Å². The van der Waals surface area contributed by atoms with E-state index in [9.17, 15) is 0 Å². The maximum Gasteiger partial charge on any atom is 0.0676 e. The van der Waals surface area contributed by atoms with Crippen molar-refractivity contribution in [3.8, 4) is 0 Å². The van der Waals surface area contributed by atoms with E-state index < -0.39 is 0 Å². The fourth-order valence-corrected chi connectivity index (χ4v) is 2.93. The lowest BCUT2D eigenvalue weighted by atomic mass is 10.1. The van der Waals surface area contributed by atoms with Crippen LogP contribution in [0.4, 0.5) is 0 Å². The Labute approximate surface area is 89.1 Å². The molecule has 0 saturated heterocycles. The molecule has 2 N–H and O–H groups in total. The van der Waals surface area contributed by atoms with Crippen LogP contribution >= 0.6 is 11.8 Å². The van der Waals surface area contributed by atoms with Gasteiger partial charge in [0.15, 0.2) is 0 Å². The summed E-state index contributed by atoms with van der Waals surface area (Å²) in [5, 5.41) is 4.64. The zero-order valence-electron chi connectivity index (χ0n) is 8.79. The van der Waals surface area contributed by atoms with Crippen molar-refractivity contribution >= 4 is 11.8 Å². The quantitative estimate of drug-likeness (QED) is 0.810. The van der Waals surface area contributed by atoms with E-state index in [1.807, 2.05) is 11.8 Å². The number of fused-ring (bicyclic) bond motifs is 1. The molecule has 0 radical (unpaired) electrons. The largest absolute Gasteiger partial charge is 0.325 e. The lowest BCUT2D eigenvalue weighted by molar-refractivity contribution is 0.505. The van der Waals surface area contributed by atoms with Gasteiger partial charge in [0, 0.05) is 30.3 Å². The number of thioether (sulfide) groups is 1. The normalized spacial score (nSPS) is 16.0. The van der Waals surface area contributed by atoms with Crippen LogP contribution in [-0.4, -0.2) is 15.5 Å². The fourth-order valence-electron chi connectivity index (χ4n) is 1.91. The van der Waals surface area contributed by atoms with E-state index in [2.05, 4.69) is 23.6 Å². The molecule has 1 aliphatic rings. The van der Waals surface area contributed by atoms with Gasteiger partial charge in [-0.2, -0.15) is 16.9 Å². The number of nitrogens with zero attached hydrogens (tertiary/aromatic N) is 2. The molecule has 0 bridgehead atoms. The second kappa shape index (κ2) is 3.95. The zero-order valence-corrected chi connectivity index (χ0v) is 9.60. The smallest absolute Gasteiger partial charge is 0.0676 e. The third-order valence-electron chi connectivity index (χ3n) is 2.61. The summed E-state index contributed by atoms with van der Waals surface area (Å²) < 4.78 is 2.09. The minimum absolute atomic E-state index is 0.421. The Hall–Kier alpha value is -0.480. The Morgan fingerprint density at radius 3 is 3.00 bits per heavy atom. The molecule has 4 heteroatoms. The van der Waals surface area contributed by atoms with Crippen molar-refractivity contribution in [3.63, 3.8) is 0 Å². The standard InChI is InChI=1S/C10H17N3S/c1-7(2)13-10(5-11)8-6-14-4-3-9(8)12-13/h7H,3-6,11H2,1-2H3. The third kappa shape index (κ3) is 1.57. The van der Waals surface area contributed by atoms with Gasteiger partial charge in [-0.3, -0.25) is 4.68 Å². The van der Waals surface area contributed by atoms with Crippen LogP contribution < -0.4 is 5.73 Å². The van der Waals surface area contributed by atoms with E-state index in [1.54, 1.807) is 0 Å². The minimum Gasteiger partial charge on any atom is -0.325 e. The van der Waals surface area contributed by atoms with E-state index in [0.29, 0.717) is 12.6 Å². The highest BCUT2D eigenvalue weighted by Gasteiger charge is 2.20. The van der Waals surface area contributed by atoms with Crippen molar-refractivity contribution in [3.05, 3.63) is 17.0 Å². The molecule has 0 fully saturated rings. The number of rotatable bonds is 2. The lowest BCUT2D eigenvalue weighted by Gasteiger charge is -2.11. The van der Waals surface area contributed by atoms with Crippen molar-refractivity contribution in [2.45, 2.75) is 38.6 Å². The van der Waals surface area contributed by atoms with Gasteiger partial charge >= 0.3 is 0 Å². The Morgan fingerprint density at radius 1 is 1.57 bits per heavy atom. The van der Waals surface area contributed by atoms with Crippen LogP contribution in [0.1, 0.15) is 36.8 Å². The van der Waals surface area contributed by atoms with Gasteiger partial charge in [0.2, 0.25) is 0 Å². The van der Waals surface area contributed by atoms with Crippen molar-refractivity contribution in [1.82, 2.24) is 9.78 Å². The molecule has 2 heterocycles. The molecular weight excluding hydrogens is 194 g/mol. The molecule has 0 amide bonds. The van der Waals surface area contributed by atoms with Crippen molar-refractivity contribution < 1.29 is 0 Å². The summed E-state index contributed by atoms with van der Waals surface area (Å²) in [6, 6.07) is 0.421. The van der Waals surface area contributed by atoms with Crippen LogP contribution in [0.2, 0.25) is 0 Å². The van der Waals surface area contributed by atoms with Crippen LogP contribution in [0.25, 0.3) is 0 Å². The van der Waals surface area contributed by atoms with Crippen molar-refractivity contribution in [1.29, 1.82) is 0 Å². The second-order valence-corrected chi connectivity index (χ2v) is 5.02. The molecule has 0 aliphatic carbocycles. The molecule has 0 unspecified atom stereocenters. The first-order valence-corrected chi connectivity index (χ1v) is 6.26. The lowest BCUT2D eigenvalue weighted by Crippen LogP contribution is -2.12. The highest BCUT2D eigenvalue weighted by atomic mass is 32.2. The van der Waals surface area contributed by atoms with Gasteiger partial charge in [-0.15, -0.1) is 0 Å².